The third kappa shape index (κ3) is 5.12. The van der Waals surface area contributed by atoms with E-state index in [2.05, 4.69) is 15.0 Å². The predicted molar refractivity (Wildman–Crippen MR) is 142 cm³/mol. The van der Waals surface area contributed by atoms with Gasteiger partial charge in [0.05, 0.1) is 24.0 Å². The molecule has 8 nitrogen and oxygen atoms in total. The van der Waals surface area contributed by atoms with Gasteiger partial charge in [-0.15, -0.1) is 0 Å². The van der Waals surface area contributed by atoms with Crippen LogP contribution in [-0.4, -0.2) is 35.9 Å². The molecule has 0 amide bonds. The molecule has 1 atom stereocenters. The molecule has 204 valence electrons. The Morgan fingerprint density at radius 3 is 2.60 bits per heavy atom. The van der Waals surface area contributed by atoms with Crippen molar-refractivity contribution in [1.82, 2.24) is 29.3 Å². The number of halogens is 3. The number of ether oxygens (including phenoxy) is 1. The predicted octanol–water partition coefficient (Wildman–Crippen LogP) is 5.79. The number of rotatable bonds is 5. The molecule has 0 N–H and O–H groups in total. The van der Waals surface area contributed by atoms with Gasteiger partial charge in [-0.3, -0.25) is 19.7 Å². The van der Waals surface area contributed by atoms with Crippen LogP contribution in [0.2, 0.25) is 0 Å². The fraction of sp³-hybridized carbons (Fsp3) is 0.276. The number of aromatic nitrogens is 6. The summed E-state index contributed by atoms with van der Waals surface area (Å²) in [5.41, 5.74) is 3.51. The summed E-state index contributed by atoms with van der Waals surface area (Å²) >= 11 is 0. The van der Waals surface area contributed by atoms with Crippen LogP contribution in [-0.2, 0) is 17.5 Å². The molecule has 0 saturated carbocycles. The van der Waals surface area contributed by atoms with E-state index in [1.165, 1.54) is 16.7 Å². The SMILES string of the molecule is Cc1cc(-c2nn(C3CCCCO3)c3cnc(-c4ccn(Cc5ccnc(C(F)(F)F)c5)c(=O)c4)cc23)ccn1. The summed E-state index contributed by atoms with van der Waals surface area (Å²) in [7, 11) is 0. The van der Waals surface area contributed by atoms with Gasteiger partial charge in [-0.2, -0.15) is 18.3 Å². The van der Waals surface area contributed by atoms with Gasteiger partial charge in [0.25, 0.3) is 5.56 Å². The topological polar surface area (TPSA) is 87.7 Å². The Morgan fingerprint density at radius 1 is 1.00 bits per heavy atom. The van der Waals surface area contributed by atoms with Gasteiger partial charge in [0.15, 0.2) is 6.23 Å². The zero-order valence-electron chi connectivity index (χ0n) is 21.6. The smallest absolute Gasteiger partial charge is 0.356 e. The summed E-state index contributed by atoms with van der Waals surface area (Å²) in [4.78, 5) is 25.3. The van der Waals surface area contributed by atoms with Gasteiger partial charge >= 0.3 is 6.18 Å². The van der Waals surface area contributed by atoms with Crippen molar-refractivity contribution in [2.75, 3.05) is 6.61 Å². The van der Waals surface area contributed by atoms with E-state index in [1.807, 2.05) is 29.8 Å². The highest BCUT2D eigenvalue weighted by molar-refractivity contribution is 5.95. The first-order valence-electron chi connectivity index (χ1n) is 12.9. The van der Waals surface area contributed by atoms with Gasteiger partial charge in [-0.05, 0) is 68.1 Å². The van der Waals surface area contributed by atoms with E-state index in [0.29, 0.717) is 23.4 Å². The second kappa shape index (κ2) is 10.3. The molecule has 0 bridgehead atoms. The molecule has 0 radical (unpaired) electrons. The molecular formula is C29H25F3N6O2. The van der Waals surface area contributed by atoms with Gasteiger partial charge in [0.2, 0.25) is 0 Å². The van der Waals surface area contributed by atoms with Crippen molar-refractivity contribution in [3.8, 4) is 22.5 Å². The van der Waals surface area contributed by atoms with Crippen molar-refractivity contribution < 1.29 is 17.9 Å². The largest absolute Gasteiger partial charge is 0.433 e. The fourth-order valence-electron chi connectivity index (χ4n) is 4.96. The molecule has 40 heavy (non-hydrogen) atoms. The number of nitrogens with zero attached hydrogens (tertiary/aromatic N) is 6. The summed E-state index contributed by atoms with van der Waals surface area (Å²) in [6.07, 6.45) is 4.33. The van der Waals surface area contributed by atoms with Crippen molar-refractivity contribution in [2.45, 2.75) is 45.1 Å². The summed E-state index contributed by atoms with van der Waals surface area (Å²) in [6.45, 7) is 2.58. The molecule has 1 saturated heterocycles. The van der Waals surface area contributed by atoms with Crippen LogP contribution in [0.5, 0.6) is 0 Å². The van der Waals surface area contributed by atoms with Crippen molar-refractivity contribution in [2.24, 2.45) is 0 Å². The van der Waals surface area contributed by atoms with Crippen LogP contribution < -0.4 is 5.56 Å². The minimum atomic E-state index is -4.56. The summed E-state index contributed by atoms with van der Waals surface area (Å²) in [5.74, 6) is 0. The zero-order chi connectivity index (χ0) is 27.9. The fourth-order valence-corrected chi connectivity index (χ4v) is 4.96. The highest BCUT2D eigenvalue weighted by Gasteiger charge is 2.32. The molecule has 1 aliphatic heterocycles. The van der Waals surface area contributed by atoms with Gasteiger partial charge in [-0.25, -0.2) is 4.68 Å². The normalized spacial score (nSPS) is 15.9. The van der Waals surface area contributed by atoms with Crippen molar-refractivity contribution in [1.29, 1.82) is 0 Å². The Balaban J connectivity index is 1.37. The van der Waals surface area contributed by atoms with Crippen LogP contribution in [0, 0.1) is 6.92 Å². The van der Waals surface area contributed by atoms with Crippen LogP contribution in [0.25, 0.3) is 33.4 Å². The van der Waals surface area contributed by atoms with Gasteiger partial charge in [-0.1, -0.05) is 0 Å². The second-order valence-corrected chi connectivity index (χ2v) is 9.82. The third-order valence-electron chi connectivity index (χ3n) is 6.95. The van der Waals surface area contributed by atoms with E-state index in [4.69, 9.17) is 9.84 Å². The van der Waals surface area contributed by atoms with E-state index < -0.39 is 11.9 Å². The Hall–Kier alpha value is -4.38. The Kier molecular flexibility index (Phi) is 6.67. The van der Waals surface area contributed by atoms with E-state index in [0.717, 1.165) is 59.4 Å². The first-order valence-corrected chi connectivity index (χ1v) is 12.9. The molecule has 6 rings (SSSR count). The van der Waals surface area contributed by atoms with Crippen molar-refractivity contribution in [3.05, 3.63) is 94.6 Å². The molecular weight excluding hydrogens is 521 g/mol. The van der Waals surface area contributed by atoms with Gasteiger partial charge < -0.3 is 9.30 Å². The number of hydrogen-bond donors (Lipinski definition) is 0. The lowest BCUT2D eigenvalue weighted by molar-refractivity contribution is -0.141. The lowest BCUT2D eigenvalue weighted by Gasteiger charge is -2.23. The van der Waals surface area contributed by atoms with Crippen LogP contribution >= 0.6 is 0 Å². The number of pyridine rings is 4. The first kappa shape index (κ1) is 25.9. The maximum absolute atomic E-state index is 13.0. The second-order valence-electron chi connectivity index (χ2n) is 9.82. The maximum atomic E-state index is 13.0. The van der Waals surface area contributed by atoms with E-state index >= 15 is 0 Å². The van der Waals surface area contributed by atoms with Crippen LogP contribution in [0.4, 0.5) is 13.2 Å². The molecule has 5 aromatic heterocycles. The van der Waals surface area contributed by atoms with Gasteiger partial charge in [0, 0.05) is 53.5 Å². The molecule has 0 aromatic carbocycles. The average Bonchev–Trinajstić information content (AvgIpc) is 3.33. The summed E-state index contributed by atoms with van der Waals surface area (Å²) in [6, 6.07) is 11.4. The molecule has 1 aliphatic rings. The van der Waals surface area contributed by atoms with E-state index in [-0.39, 0.29) is 18.3 Å². The maximum Gasteiger partial charge on any atom is 0.433 e. The highest BCUT2D eigenvalue weighted by atomic mass is 19.4. The summed E-state index contributed by atoms with van der Waals surface area (Å²) in [5, 5.41) is 5.80. The molecule has 11 heteroatoms. The quantitative estimate of drug-likeness (QED) is 0.277. The van der Waals surface area contributed by atoms with Crippen molar-refractivity contribution in [3.63, 3.8) is 0 Å². The number of fused-ring (bicyclic) bond motifs is 1. The molecule has 6 heterocycles. The number of hydrogen-bond acceptors (Lipinski definition) is 6. The van der Waals surface area contributed by atoms with E-state index in [1.54, 1.807) is 24.7 Å². The van der Waals surface area contributed by atoms with Crippen LogP contribution in [0.1, 0.15) is 42.4 Å². The number of alkyl halides is 3. The molecule has 1 unspecified atom stereocenters. The lowest BCUT2D eigenvalue weighted by Crippen LogP contribution is -2.20. The third-order valence-corrected chi connectivity index (χ3v) is 6.95. The summed E-state index contributed by atoms with van der Waals surface area (Å²) < 4.78 is 48.4. The van der Waals surface area contributed by atoms with Crippen LogP contribution in [0.15, 0.2) is 72.0 Å². The molecule has 5 aromatic rings. The minimum Gasteiger partial charge on any atom is -0.356 e. The van der Waals surface area contributed by atoms with Crippen molar-refractivity contribution >= 4 is 10.9 Å². The van der Waals surface area contributed by atoms with Crippen LogP contribution in [0.3, 0.4) is 0 Å². The molecule has 1 fully saturated rings. The standard InChI is InChI=1S/C29H25F3N6O2/c1-18-12-21(6-9-33-18)28-22-15-23(35-16-24(22)38(36-28)27-4-2-3-11-40-27)20-7-10-37(26(39)14-20)17-19-5-8-34-25(13-19)29(30,31)32/h5-10,12-16,27H,2-4,11,17H2,1H3. The first-order chi connectivity index (χ1) is 19.3. The highest BCUT2D eigenvalue weighted by Crippen LogP contribution is 2.34. The zero-order valence-corrected chi connectivity index (χ0v) is 21.6. The molecule has 0 spiro atoms. The number of aryl methyl sites for hydroxylation is 1. The Labute approximate surface area is 227 Å². The minimum absolute atomic E-state index is 0.0170. The monoisotopic (exact) mass is 546 g/mol. The average molecular weight is 547 g/mol. The Bertz CT molecular complexity index is 1760. The van der Waals surface area contributed by atoms with E-state index in [9.17, 15) is 18.0 Å². The van der Waals surface area contributed by atoms with Gasteiger partial charge in [0.1, 0.15) is 11.4 Å². The lowest BCUT2D eigenvalue weighted by atomic mass is 10.1. The Morgan fingerprint density at radius 2 is 1.85 bits per heavy atom. The molecule has 0 aliphatic carbocycles.